The maximum Gasteiger partial charge on any atom is 0.243 e. The van der Waals surface area contributed by atoms with Gasteiger partial charge in [0.05, 0.1) is 4.90 Å². The Labute approximate surface area is 141 Å². The molecule has 2 aromatic rings. The highest BCUT2D eigenvalue weighted by atomic mass is 32.2. The third-order valence-corrected chi connectivity index (χ3v) is 5.37. The Bertz CT molecular complexity index is 780. The molecule has 0 bridgehead atoms. The first-order valence-corrected chi connectivity index (χ1v) is 8.88. The number of benzene rings is 2. The molecular formula is C17H20F2N2O2S. The quantitative estimate of drug-likeness (QED) is 0.768. The zero-order valence-corrected chi connectivity index (χ0v) is 14.4. The van der Waals surface area contributed by atoms with Crippen molar-refractivity contribution in [2.75, 3.05) is 27.2 Å². The highest BCUT2D eigenvalue weighted by molar-refractivity contribution is 7.89. The Morgan fingerprint density at radius 2 is 1.58 bits per heavy atom. The van der Waals surface area contributed by atoms with Gasteiger partial charge in [-0.3, -0.25) is 0 Å². The van der Waals surface area contributed by atoms with Gasteiger partial charge in [-0.2, -0.15) is 4.31 Å². The average Bonchev–Trinajstić information content (AvgIpc) is 2.54. The number of rotatable bonds is 7. The van der Waals surface area contributed by atoms with Crippen LogP contribution in [0.15, 0.2) is 53.4 Å². The summed E-state index contributed by atoms with van der Waals surface area (Å²) in [5, 5.41) is 0. The monoisotopic (exact) mass is 354 g/mol. The first-order chi connectivity index (χ1) is 11.3. The van der Waals surface area contributed by atoms with Crippen LogP contribution in [0, 0.1) is 11.6 Å². The van der Waals surface area contributed by atoms with Crippen LogP contribution in [0.25, 0.3) is 0 Å². The first kappa shape index (κ1) is 18.5. The van der Waals surface area contributed by atoms with E-state index in [-0.39, 0.29) is 18.0 Å². The molecule has 0 aliphatic heterocycles. The van der Waals surface area contributed by atoms with Gasteiger partial charge in [-0.05, 0) is 37.9 Å². The summed E-state index contributed by atoms with van der Waals surface area (Å²) in [6, 6.07) is 11.8. The maximum atomic E-state index is 13.4. The fraction of sp³-hybridized carbons (Fsp3) is 0.294. The molecule has 0 heterocycles. The van der Waals surface area contributed by atoms with Crippen LogP contribution in [-0.4, -0.2) is 44.8 Å². The molecule has 0 spiro atoms. The van der Waals surface area contributed by atoms with Crippen molar-refractivity contribution in [1.82, 2.24) is 9.21 Å². The van der Waals surface area contributed by atoms with Crippen LogP contribution in [0.1, 0.15) is 5.56 Å². The molecule has 0 amide bonds. The third-order valence-electron chi connectivity index (χ3n) is 3.53. The lowest BCUT2D eigenvalue weighted by atomic mass is 10.2. The minimum absolute atomic E-state index is 0.163. The smallest absolute Gasteiger partial charge is 0.243 e. The molecule has 2 rings (SSSR count). The molecular weight excluding hydrogens is 334 g/mol. The molecule has 24 heavy (non-hydrogen) atoms. The average molecular weight is 354 g/mol. The van der Waals surface area contributed by atoms with Gasteiger partial charge in [-0.1, -0.05) is 30.3 Å². The van der Waals surface area contributed by atoms with Crippen LogP contribution in [-0.2, 0) is 16.6 Å². The van der Waals surface area contributed by atoms with Gasteiger partial charge in [-0.25, -0.2) is 17.2 Å². The summed E-state index contributed by atoms with van der Waals surface area (Å²) in [4.78, 5) is 1.61. The molecule has 130 valence electrons. The molecule has 0 saturated heterocycles. The normalized spacial score (nSPS) is 12.1. The number of halogens is 2. The fourth-order valence-electron chi connectivity index (χ4n) is 2.17. The van der Waals surface area contributed by atoms with Crippen LogP contribution in [0.4, 0.5) is 8.78 Å². The van der Waals surface area contributed by atoms with Gasteiger partial charge >= 0.3 is 0 Å². The van der Waals surface area contributed by atoms with E-state index in [1.165, 1.54) is 4.31 Å². The molecule has 0 atom stereocenters. The van der Waals surface area contributed by atoms with Gasteiger partial charge < -0.3 is 4.90 Å². The lowest BCUT2D eigenvalue weighted by molar-refractivity contribution is 0.329. The van der Waals surface area contributed by atoms with Crippen molar-refractivity contribution in [2.45, 2.75) is 11.4 Å². The lowest BCUT2D eigenvalue weighted by Crippen LogP contribution is -2.36. The second kappa shape index (κ2) is 7.83. The summed E-state index contributed by atoms with van der Waals surface area (Å²) in [6.07, 6.45) is 0. The van der Waals surface area contributed by atoms with Gasteiger partial charge in [0.15, 0.2) is 11.6 Å². The van der Waals surface area contributed by atoms with Crippen molar-refractivity contribution in [2.24, 2.45) is 0 Å². The first-order valence-electron chi connectivity index (χ1n) is 7.44. The summed E-state index contributed by atoms with van der Waals surface area (Å²) >= 11 is 0. The largest absolute Gasteiger partial charge is 0.308 e. The van der Waals surface area contributed by atoms with E-state index in [4.69, 9.17) is 0 Å². The molecule has 0 radical (unpaired) electrons. The Morgan fingerprint density at radius 1 is 0.917 bits per heavy atom. The maximum absolute atomic E-state index is 13.4. The molecule has 0 aliphatic rings. The molecule has 0 aromatic heterocycles. The molecule has 0 unspecified atom stereocenters. The van der Waals surface area contributed by atoms with Crippen molar-refractivity contribution < 1.29 is 17.2 Å². The highest BCUT2D eigenvalue weighted by Gasteiger charge is 2.25. The van der Waals surface area contributed by atoms with E-state index < -0.39 is 21.7 Å². The summed E-state index contributed by atoms with van der Waals surface area (Å²) in [7, 11) is -0.258. The van der Waals surface area contributed by atoms with Crippen molar-refractivity contribution in [3.05, 3.63) is 65.7 Å². The zero-order valence-electron chi connectivity index (χ0n) is 13.6. The third kappa shape index (κ3) is 4.59. The van der Waals surface area contributed by atoms with Crippen LogP contribution >= 0.6 is 0 Å². The number of sulfonamides is 1. The predicted octanol–water partition coefficient (Wildman–Crippen LogP) is 2.72. The summed E-state index contributed by atoms with van der Waals surface area (Å²) < 4.78 is 53.5. The van der Waals surface area contributed by atoms with Crippen molar-refractivity contribution in [3.63, 3.8) is 0 Å². The van der Waals surface area contributed by atoms with E-state index in [1.54, 1.807) is 0 Å². The van der Waals surface area contributed by atoms with Gasteiger partial charge in [0.2, 0.25) is 10.0 Å². The van der Waals surface area contributed by atoms with Crippen LogP contribution < -0.4 is 0 Å². The van der Waals surface area contributed by atoms with Crippen molar-refractivity contribution >= 4 is 10.0 Å². The highest BCUT2D eigenvalue weighted by Crippen LogP contribution is 2.20. The number of hydrogen-bond donors (Lipinski definition) is 0. The molecule has 7 heteroatoms. The molecule has 2 aromatic carbocycles. The topological polar surface area (TPSA) is 40.6 Å². The minimum Gasteiger partial charge on any atom is -0.308 e. The molecule has 0 aliphatic carbocycles. The standard InChI is InChI=1S/C17H20F2N2O2S/c1-20(2)10-11-21(13-14-6-4-3-5-7-14)24(22,23)15-8-9-16(18)17(19)12-15/h3-9,12H,10-11,13H2,1-2H3. The summed E-state index contributed by atoms with van der Waals surface area (Å²) in [6.45, 7) is 0.912. The van der Waals surface area contributed by atoms with Crippen molar-refractivity contribution in [3.8, 4) is 0 Å². The van der Waals surface area contributed by atoms with E-state index in [9.17, 15) is 17.2 Å². The van der Waals surface area contributed by atoms with E-state index in [0.29, 0.717) is 6.54 Å². The Balaban J connectivity index is 2.34. The van der Waals surface area contributed by atoms with E-state index in [0.717, 1.165) is 23.8 Å². The molecule has 0 N–H and O–H groups in total. The Kier molecular flexibility index (Phi) is 6.04. The Morgan fingerprint density at radius 3 is 2.17 bits per heavy atom. The SMILES string of the molecule is CN(C)CCN(Cc1ccccc1)S(=O)(=O)c1ccc(F)c(F)c1. The van der Waals surface area contributed by atoms with Gasteiger partial charge in [0.1, 0.15) is 0 Å². The van der Waals surface area contributed by atoms with Crippen LogP contribution in [0.3, 0.4) is 0 Å². The Hall–Kier alpha value is -1.83. The second-order valence-corrected chi connectivity index (χ2v) is 7.64. The minimum atomic E-state index is -3.93. The number of nitrogens with zero attached hydrogens (tertiary/aromatic N) is 2. The number of hydrogen-bond acceptors (Lipinski definition) is 3. The number of likely N-dealkylation sites (N-methyl/N-ethyl adjacent to an activating group) is 1. The van der Waals surface area contributed by atoms with Crippen molar-refractivity contribution in [1.29, 1.82) is 0 Å². The predicted molar refractivity (Wildman–Crippen MR) is 88.9 cm³/mol. The van der Waals surface area contributed by atoms with E-state index >= 15 is 0 Å². The van der Waals surface area contributed by atoms with Gasteiger partial charge in [-0.15, -0.1) is 0 Å². The molecule has 0 saturated carbocycles. The van der Waals surface area contributed by atoms with E-state index in [1.807, 2.05) is 49.3 Å². The van der Waals surface area contributed by atoms with E-state index in [2.05, 4.69) is 0 Å². The lowest BCUT2D eigenvalue weighted by Gasteiger charge is -2.24. The van der Waals surface area contributed by atoms with Gasteiger partial charge in [0, 0.05) is 19.6 Å². The molecule has 4 nitrogen and oxygen atoms in total. The fourth-order valence-corrected chi connectivity index (χ4v) is 3.60. The van der Waals surface area contributed by atoms with Crippen LogP contribution in [0.2, 0.25) is 0 Å². The van der Waals surface area contributed by atoms with Crippen LogP contribution in [0.5, 0.6) is 0 Å². The summed E-state index contributed by atoms with van der Waals surface area (Å²) in [5.41, 5.74) is 0.822. The van der Waals surface area contributed by atoms with Gasteiger partial charge in [0.25, 0.3) is 0 Å². The molecule has 0 fully saturated rings. The summed E-state index contributed by atoms with van der Waals surface area (Å²) in [5.74, 6) is -2.25. The second-order valence-electron chi connectivity index (χ2n) is 5.70. The zero-order chi connectivity index (χ0) is 17.7.